The number of hydrogen-bond donors (Lipinski definition) is 0. The Kier molecular flexibility index (Phi) is 7.77. The molecule has 35 heavy (non-hydrogen) atoms. The van der Waals surface area contributed by atoms with Crippen molar-refractivity contribution in [2.45, 2.75) is 36.3 Å². The highest BCUT2D eigenvalue weighted by Gasteiger charge is 2.54. The zero-order valence-corrected chi connectivity index (χ0v) is 23.6. The van der Waals surface area contributed by atoms with E-state index in [9.17, 15) is 19.2 Å². The van der Waals surface area contributed by atoms with Crippen LogP contribution in [0.1, 0.15) is 44.7 Å². The molecular weight excluding hydrogens is 623 g/mol. The van der Waals surface area contributed by atoms with Gasteiger partial charge in [0.05, 0.1) is 22.4 Å². The fraction of sp³-hybridized carbons (Fsp3) is 0.360. The number of carbonyl (C=O) groups is 4. The SMILES string of the molecule is Cc1ccc(C(=O)CN(C(=O)c2ccc(Cl)cc2Cl)N2C(=O)[C@H]3C[C@@H](Br)[C@@H](Br)C[C@H]3C2=O)cc1C. The standard InChI is InChI=1S/C25H22Br2Cl2N2O4/c1-12-3-4-14(7-13(12)2)22(32)11-30(23(33)16-6-5-15(28)8-21(16)29)31-24(34)17-9-19(26)20(27)10-18(17)25(31)35/h3-8,17-20H,9-11H2,1-2H3/t17-,18+,19+,20-. The minimum atomic E-state index is -0.727. The first kappa shape index (κ1) is 26.3. The molecule has 0 bridgehead atoms. The maximum absolute atomic E-state index is 13.7. The molecule has 2 fully saturated rings. The third kappa shape index (κ3) is 5.08. The minimum absolute atomic E-state index is 0.00692. The van der Waals surface area contributed by atoms with Gasteiger partial charge in [0.1, 0.15) is 6.54 Å². The first-order valence-electron chi connectivity index (χ1n) is 11.0. The zero-order valence-electron chi connectivity index (χ0n) is 18.9. The van der Waals surface area contributed by atoms with E-state index in [-0.39, 0.29) is 20.2 Å². The number of aryl methyl sites for hydroxylation is 2. The predicted molar refractivity (Wildman–Crippen MR) is 141 cm³/mol. The van der Waals surface area contributed by atoms with Crippen LogP contribution in [0.25, 0.3) is 0 Å². The molecule has 0 N–H and O–H groups in total. The molecule has 4 rings (SSSR count). The Morgan fingerprint density at radius 3 is 2.09 bits per heavy atom. The van der Waals surface area contributed by atoms with Crippen LogP contribution in [0.2, 0.25) is 10.0 Å². The molecule has 4 atom stereocenters. The van der Waals surface area contributed by atoms with Crippen LogP contribution in [0.4, 0.5) is 0 Å². The lowest BCUT2D eigenvalue weighted by atomic mass is 9.81. The Labute approximate surface area is 230 Å². The van der Waals surface area contributed by atoms with Crippen molar-refractivity contribution in [2.75, 3.05) is 6.54 Å². The summed E-state index contributed by atoms with van der Waals surface area (Å²) in [5.74, 6) is -3.26. The smallest absolute Gasteiger partial charge is 0.274 e. The number of ketones is 1. The van der Waals surface area contributed by atoms with Gasteiger partial charge in [-0.2, -0.15) is 5.01 Å². The minimum Gasteiger partial charge on any atom is -0.292 e. The van der Waals surface area contributed by atoms with Gasteiger partial charge in [0.25, 0.3) is 17.7 Å². The molecule has 184 valence electrons. The van der Waals surface area contributed by atoms with Crippen LogP contribution in [-0.4, -0.2) is 49.7 Å². The maximum Gasteiger partial charge on any atom is 0.274 e. The highest BCUT2D eigenvalue weighted by molar-refractivity contribution is 9.12. The molecule has 2 aromatic carbocycles. The summed E-state index contributed by atoms with van der Waals surface area (Å²) in [6.07, 6.45) is 0.882. The molecule has 1 saturated carbocycles. The van der Waals surface area contributed by atoms with Crippen molar-refractivity contribution in [3.63, 3.8) is 0 Å². The van der Waals surface area contributed by atoms with Gasteiger partial charge in [-0.3, -0.25) is 19.2 Å². The van der Waals surface area contributed by atoms with Crippen LogP contribution in [-0.2, 0) is 9.59 Å². The van der Waals surface area contributed by atoms with Crippen molar-refractivity contribution in [1.29, 1.82) is 0 Å². The van der Waals surface area contributed by atoms with Gasteiger partial charge < -0.3 is 0 Å². The number of halogens is 4. The summed E-state index contributed by atoms with van der Waals surface area (Å²) < 4.78 is 0. The van der Waals surface area contributed by atoms with Crippen molar-refractivity contribution in [2.24, 2.45) is 11.8 Å². The van der Waals surface area contributed by atoms with E-state index in [1.807, 2.05) is 19.9 Å². The van der Waals surface area contributed by atoms with Gasteiger partial charge in [-0.05, 0) is 62.1 Å². The topological polar surface area (TPSA) is 74.8 Å². The summed E-state index contributed by atoms with van der Waals surface area (Å²) in [4.78, 5) is 53.8. The van der Waals surface area contributed by atoms with Crippen LogP contribution in [0, 0.1) is 25.7 Å². The van der Waals surface area contributed by atoms with Crippen molar-refractivity contribution in [3.05, 3.63) is 68.7 Å². The fourth-order valence-electron chi connectivity index (χ4n) is 4.49. The number of imide groups is 1. The van der Waals surface area contributed by atoms with E-state index < -0.39 is 41.9 Å². The van der Waals surface area contributed by atoms with Crippen LogP contribution in [0.5, 0.6) is 0 Å². The zero-order chi connectivity index (χ0) is 25.6. The Balaban J connectivity index is 1.73. The van der Waals surface area contributed by atoms with E-state index in [1.165, 1.54) is 18.2 Å². The van der Waals surface area contributed by atoms with Gasteiger partial charge in [-0.1, -0.05) is 67.2 Å². The van der Waals surface area contributed by atoms with Crippen molar-refractivity contribution in [1.82, 2.24) is 10.0 Å². The molecule has 0 unspecified atom stereocenters. The van der Waals surface area contributed by atoms with Crippen LogP contribution < -0.4 is 0 Å². The van der Waals surface area contributed by atoms with Gasteiger partial charge in [0.2, 0.25) is 0 Å². The van der Waals surface area contributed by atoms with Gasteiger partial charge in [0.15, 0.2) is 5.78 Å². The number of fused-ring (bicyclic) bond motifs is 1. The number of Topliss-reactive ketones (excluding diaryl/α,β-unsaturated/α-hetero) is 1. The van der Waals surface area contributed by atoms with E-state index in [2.05, 4.69) is 31.9 Å². The summed E-state index contributed by atoms with van der Waals surface area (Å²) in [5.41, 5.74) is 2.35. The lowest BCUT2D eigenvalue weighted by Gasteiger charge is -2.30. The van der Waals surface area contributed by atoms with E-state index in [0.29, 0.717) is 23.4 Å². The monoisotopic (exact) mass is 642 g/mol. The Bertz CT molecular complexity index is 1210. The molecule has 2 aliphatic rings. The molecule has 1 heterocycles. The molecule has 1 aliphatic carbocycles. The summed E-state index contributed by atoms with van der Waals surface area (Å²) in [5, 5.41) is 2.17. The second-order valence-electron chi connectivity index (χ2n) is 8.91. The third-order valence-electron chi connectivity index (χ3n) is 6.65. The number of rotatable bonds is 5. The normalized spacial score (nSPS) is 23.9. The summed E-state index contributed by atoms with van der Waals surface area (Å²) in [6.45, 7) is 3.32. The summed E-state index contributed by atoms with van der Waals surface area (Å²) in [7, 11) is 0. The van der Waals surface area contributed by atoms with Gasteiger partial charge >= 0.3 is 0 Å². The highest BCUT2D eigenvalue weighted by atomic mass is 79.9. The summed E-state index contributed by atoms with van der Waals surface area (Å²) >= 11 is 19.4. The second-order valence-corrected chi connectivity index (χ2v) is 12.1. The predicted octanol–water partition coefficient (Wildman–Crippen LogP) is 5.77. The molecule has 1 aliphatic heterocycles. The highest BCUT2D eigenvalue weighted by Crippen LogP contribution is 2.44. The second kappa shape index (κ2) is 10.3. The molecule has 0 aromatic heterocycles. The van der Waals surface area contributed by atoms with Crippen molar-refractivity contribution in [3.8, 4) is 0 Å². The quantitative estimate of drug-likeness (QED) is 0.235. The molecule has 3 amide bonds. The number of carbonyl (C=O) groups excluding carboxylic acids is 4. The van der Waals surface area contributed by atoms with Crippen LogP contribution in [0.3, 0.4) is 0 Å². The molecule has 1 saturated heterocycles. The van der Waals surface area contributed by atoms with Crippen molar-refractivity contribution < 1.29 is 19.2 Å². The lowest BCUT2D eigenvalue weighted by Crippen LogP contribution is -2.52. The Hall–Kier alpha value is -1.74. The van der Waals surface area contributed by atoms with Gasteiger partial charge in [-0.25, -0.2) is 5.01 Å². The first-order valence-corrected chi connectivity index (χ1v) is 13.6. The Morgan fingerprint density at radius 1 is 0.943 bits per heavy atom. The number of hydrazine groups is 1. The van der Waals surface area contributed by atoms with Crippen molar-refractivity contribution >= 4 is 78.6 Å². The largest absolute Gasteiger partial charge is 0.292 e. The molecule has 6 nitrogen and oxygen atoms in total. The van der Waals surface area contributed by atoms with Gasteiger partial charge in [0, 0.05) is 20.2 Å². The molecule has 10 heteroatoms. The fourth-order valence-corrected chi connectivity index (χ4v) is 6.22. The van der Waals surface area contributed by atoms with E-state index in [4.69, 9.17) is 23.2 Å². The number of alkyl halides is 2. The lowest BCUT2D eigenvalue weighted by molar-refractivity contribution is -0.154. The number of benzene rings is 2. The number of hydrogen-bond acceptors (Lipinski definition) is 4. The van der Waals surface area contributed by atoms with Crippen LogP contribution >= 0.6 is 55.1 Å². The Morgan fingerprint density at radius 2 is 1.54 bits per heavy atom. The molecule has 0 spiro atoms. The average Bonchev–Trinajstić information content (AvgIpc) is 3.03. The summed E-state index contributed by atoms with van der Waals surface area (Å²) in [6, 6.07) is 9.52. The average molecular weight is 645 g/mol. The molecular formula is C25H22Br2Cl2N2O4. The first-order chi connectivity index (χ1) is 16.5. The number of nitrogens with zero attached hydrogens (tertiary/aromatic N) is 2. The number of amides is 3. The van der Waals surface area contributed by atoms with Crippen LogP contribution in [0.15, 0.2) is 36.4 Å². The maximum atomic E-state index is 13.7. The van der Waals surface area contributed by atoms with E-state index in [1.54, 1.807) is 12.1 Å². The van der Waals surface area contributed by atoms with E-state index in [0.717, 1.165) is 21.1 Å². The third-order valence-corrected chi connectivity index (χ3v) is 9.93. The molecule has 2 aromatic rings. The van der Waals surface area contributed by atoms with E-state index >= 15 is 0 Å². The molecule has 0 radical (unpaired) electrons. The van der Waals surface area contributed by atoms with Gasteiger partial charge in [-0.15, -0.1) is 0 Å².